The van der Waals surface area contributed by atoms with Crippen molar-refractivity contribution in [1.82, 2.24) is 4.98 Å². The average Bonchev–Trinajstić information content (AvgIpc) is 3.35. The number of carbonyl (C=O) groups excluding carboxylic acids is 2. The van der Waals surface area contributed by atoms with Crippen molar-refractivity contribution >= 4 is 34.0 Å². The Labute approximate surface area is 170 Å². The molecule has 29 heavy (non-hydrogen) atoms. The highest BCUT2D eigenvalue weighted by Crippen LogP contribution is 2.29. The van der Waals surface area contributed by atoms with Gasteiger partial charge in [0.25, 0.3) is 0 Å². The Hall–Kier alpha value is -3.57. The molecule has 0 saturated carbocycles. The normalized spacial score (nSPS) is 15.9. The summed E-state index contributed by atoms with van der Waals surface area (Å²) in [4.78, 5) is 30.6. The molecular weight excluding hydrogens is 391 g/mol. The molecule has 1 saturated heterocycles. The number of amides is 2. The SMILES string of the molecule is N#Cc1ccc(-c2csc(NC(=O)C3CC(=O)N(c4ccccc4F)C3)n2)cc1. The lowest BCUT2D eigenvalue weighted by Crippen LogP contribution is -2.28. The molecule has 8 heteroatoms. The Morgan fingerprint density at radius 3 is 2.72 bits per heavy atom. The van der Waals surface area contributed by atoms with Crippen molar-refractivity contribution in [3.05, 3.63) is 65.3 Å². The highest BCUT2D eigenvalue weighted by Gasteiger charge is 2.36. The summed E-state index contributed by atoms with van der Waals surface area (Å²) >= 11 is 1.28. The van der Waals surface area contributed by atoms with E-state index in [9.17, 15) is 14.0 Å². The molecule has 1 unspecified atom stereocenters. The molecule has 1 N–H and O–H groups in total. The van der Waals surface area contributed by atoms with E-state index in [1.54, 1.807) is 36.4 Å². The second-order valence-corrected chi connectivity index (χ2v) is 7.43. The molecule has 4 rings (SSSR count). The van der Waals surface area contributed by atoms with Crippen LogP contribution in [0.1, 0.15) is 12.0 Å². The molecule has 6 nitrogen and oxygen atoms in total. The van der Waals surface area contributed by atoms with E-state index >= 15 is 0 Å². The lowest BCUT2D eigenvalue weighted by atomic mass is 10.1. The van der Waals surface area contributed by atoms with Crippen LogP contribution in [-0.2, 0) is 9.59 Å². The van der Waals surface area contributed by atoms with Crippen molar-refractivity contribution in [2.24, 2.45) is 5.92 Å². The first-order valence-electron chi connectivity index (χ1n) is 8.87. The zero-order chi connectivity index (χ0) is 20.4. The number of hydrogen-bond donors (Lipinski definition) is 1. The Bertz CT molecular complexity index is 1120. The molecule has 0 aliphatic carbocycles. The molecule has 1 aliphatic rings. The lowest BCUT2D eigenvalue weighted by molar-refractivity contribution is -0.122. The number of nitriles is 1. The van der Waals surface area contributed by atoms with Crippen molar-refractivity contribution in [2.45, 2.75) is 6.42 Å². The first kappa shape index (κ1) is 18.8. The minimum Gasteiger partial charge on any atom is -0.309 e. The number of hydrogen-bond acceptors (Lipinski definition) is 5. The Morgan fingerprint density at radius 2 is 2.00 bits per heavy atom. The summed E-state index contributed by atoms with van der Waals surface area (Å²) in [6, 6.07) is 15.1. The summed E-state index contributed by atoms with van der Waals surface area (Å²) < 4.78 is 14.0. The molecule has 2 amide bonds. The van der Waals surface area contributed by atoms with E-state index in [1.165, 1.54) is 28.4 Å². The fourth-order valence-corrected chi connectivity index (χ4v) is 3.90. The summed E-state index contributed by atoms with van der Waals surface area (Å²) in [5.41, 5.74) is 2.26. The molecule has 1 atom stereocenters. The van der Waals surface area contributed by atoms with Crippen LogP contribution in [0, 0.1) is 23.1 Å². The molecule has 2 aromatic carbocycles. The van der Waals surface area contributed by atoms with E-state index in [1.807, 2.05) is 5.38 Å². The number of carbonyl (C=O) groups is 2. The summed E-state index contributed by atoms with van der Waals surface area (Å²) in [7, 11) is 0. The highest BCUT2D eigenvalue weighted by atomic mass is 32.1. The van der Waals surface area contributed by atoms with E-state index < -0.39 is 11.7 Å². The smallest absolute Gasteiger partial charge is 0.231 e. The van der Waals surface area contributed by atoms with E-state index in [0.717, 1.165) is 5.56 Å². The zero-order valence-corrected chi connectivity index (χ0v) is 15.9. The van der Waals surface area contributed by atoms with Gasteiger partial charge in [0.1, 0.15) is 5.82 Å². The number of rotatable bonds is 4. The lowest BCUT2D eigenvalue weighted by Gasteiger charge is -2.17. The number of halogens is 1. The fraction of sp³-hybridized carbons (Fsp3) is 0.143. The van der Waals surface area contributed by atoms with Crippen molar-refractivity contribution in [1.29, 1.82) is 5.26 Å². The van der Waals surface area contributed by atoms with Gasteiger partial charge in [0.15, 0.2) is 5.13 Å². The number of thiazole rings is 1. The van der Waals surface area contributed by atoms with Gasteiger partial charge in [-0.25, -0.2) is 9.37 Å². The molecule has 144 valence electrons. The summed E-state index contributed by atoms with van der Waals surface area (Å²) in [6.07, 6.45) is 0.0218. The predicted octanol–water partition coefficient (Wildman–Crippen LogP) is 3.81. The van der Waals surface area contributed by atoms with Crippen LogP contribution in [0.3, 0.4) is 0 Å². The summed E-state index contributed by atoms with van der Waals surface area (Å²) in [5, 5.41) is 13.8. The van der Waals surface area contributed by atoms with Crippen LogP contribution >= 0.6 is 11.3 Å². The maximum absolute atomic E-state index is 14.0. The number of anilines is 2. The number of nitrogens with zero attached hydrogens (tertiary/aromatic N) is 3. The quantitative estimate of drug-likeness (QED) is 0.714. The maximum Gasteiger partial charge on any atom is 0.231 e. The topological polar surface area (TPSA) is 86.1 Å². The van der Waals surface area contributed by atoms with Gasteiger partial charge in [-0.1, -0.05) is 24.3 Å². The Balaban J connectivity index is 1.44. The summed E-state index contributed by atoms with van der Waals surface area (Å²) in [5.74, 6) is -1.68. The van der Waals surface area contributed by atoms with Gasteiger partial charge < -0.3 is 10.2 Å². The van der Waals surface area contributed by atoms with E-state index in [4.69, 9.17) is 5.26 Å². The number of nitrogens with one attached hydrogen (secondary N) is 1. The number of para-hydroxylation sites is 1. The molecule has 0 radical (unpaired) electrons. The second kappa shape index (κ2) is 7.81. The van der Waals surface area contributed by atoms with Gasteiger partial charge in [-0.3, -0.25) is 9.59 Å². The second-order valence-electron chi connectivity index (χ2n) is 6.57. The van der Waals surface area contributed by atoms with Gasteiger partial charge >= 0.3 is 0 Å². The third-order valence-corrected chi connectivity index (χ3v) is 5.44. The van der Waals surface area contributed by atoms with Crippen LogP contribution in [0.4, 0.5) is 15.2 Å². The van der Waals surface area contributed by atoms with E-state index in [-0.39, 0.29) is 30.5 Å². The monoisotopic (exact) mass is 406 g/mol. The molecule has 3 aromatic rings. The van der Waals surface area contributed by atoms with Gasteiger partial charge in [-0.15, -0.1) is 11.3 Å². The Kier molecular flexibility index (Phi) is 5.06. The summed E-state index contributed by atoms with van der Waals surface area (Å²) in [6.45, 7) is 0.124. The number of benzene rings is 2. The molecule has 1 aliphatic heterocycles. The minimum atomic E-state index is -0.579. The molecule has 1 fully saturated rings. The maximum atomic E-state index is 14.0. The average molecular weight is 406 g/mol. The van der Waals surface area contributed by atoms with Crippen molar-refractivity contribution in [3.8, 4) is 17.3 Å². The van der Waals surface area contributed by atoms with Crippen molar-refractivity contribution < 1.29 is 14.0 Å². The van der Waals surface area contributed by atoms with Crippen molar-refractivity contribution in [2.75, 3.05) is 16.8 Å². The molecule has 2 heterocycles. The van der Waals surface area contributed by atoms with Gasteiger partial charge in [0.2, 0.25) is 11.8 Å². The Morgan fingerprint density at radius 1 is 1.24 bits per heavy atom. The molecule has 0 bridgehead atoms. The first-order chi connectivity index (χ1) is 14.0. The predicted molar refractivity (Wildman–Crippen MR) is 108 cm³/mol. The molecule has 0 spiro atoms. The van der Waals surface area contributed by atoms with Crippen LogP contribution in [-0.4, -0.2) is 23.3 Å². The first-order valence-corrected chi connectivity index (χ1v) is 9.75. The standard InChI is InChI=1S/C21H15FN4O2S/c22-16-3-1-2-4-18(16)26-11-15(9-19(26)27)20(28)25-21-24-17(12-29-21)14-7-5-13(10-23)6-8-14/h1-8,12,15H,9,11H2,(H,24,25,28). The van der Waals surface area contributed by atoms with Crippen LogP contribution in [0.5, 0.6) is 0 Å². The van der Waals surface area contributed by atoms with Crippen LogP contribution < -0.4 is 10.2 Å². The molecular formula is C21H15FN4O2S. The van der Waals surface area contributed by atoms with E-state index in [0.29, 0.717) is 16.4 Å². The largest absolute Gasteiger partial charge is 0.309 e. The third-order valence-electron chi connectivity index (χ3n) is 4.68. The van der Waals surface area contributed by atoms with Gasteiger partial charge in [-0.2, -0.15) is 5.26 Å². The minimum absolute atomic E-state index is 0.0218. The van der Waals surface area contributed by atoms with E-state index in [2.05, 4.69) is 16.4 Å². The van der Waals surface area contributed by atoms with Crippen LogP contribution in [0.15, 0.2) is 53.9 Å². The number of aromatic nitrogens is 1. The van der Waals surface area contributed by atoms with Gasteiger partial charge in [0, 0.05) is 23.9 Å². The van der Waals surface area contributed by atoms with Crippen LogP contribution in [0.25, 0.3) is 11.3 Å². The van der Waals surface area contributed by atoms with Crippen LogP contribution in [0.2, 0.25) is 0 Å². The van der Waals surface area contributed by atoms with Gasteiger partial charge in [-0.05, 0) is 24.3 Å². The highest BCUT2D eigenvalue weighted by molar-refractivity contribution is 7.14. The fourth-order valence-electron chi connectivity index (χ4n) is 3.17. The van der Waals surface area contributed by atoms with Gasteiger partial charge in [0.05, 0.1) is 28.9 Å². The van der Waals surface area contributed by atoms with Crippen molar-refractivity contribution in [3.63, 3.8) is 0 Å². The molecule has 1 aromatic heterocycles. The third kappa shape index (κ3) is 3.86. The zero-order valence-electron chi connectivity index (χ0n) is 15.1.